The summed E-state index contributed by atoms with van der Waals surface area (Å²) >= 11 is 0. The summed E-state index contributed by atoms with van der Waals surface area (Å²) in [6.07, 6.45) is 0. The van der Waals surface area contributed by atoms with Crippen LogP contribution in [-0.2, 0) is 9.53 Å². The summed E-state index contributed by atoms with van der Waals surface area (Å²) in [5.41, 5.74) is 0.519. The Labute approximate surface area is 50.6 Å². The molecule has 0 bridgehead atoms. The summed E-state index contributed by atoms with van der Waals surface area (Å²) in [5.74, 6) is 0.0108. The van der Waals surface area contributed by atoms with E-state index in [0.717, 1.165) is 8.20 Å². The molecule has 3 heteroatoms. The van der Waals surface area contributed by atoms with Crippen molar-refractivity contribution in [2.45, 2.75) is 6.92 Å². The molecule has 0 amide bonds. The van der Waals surface area contributed by atoms with Crippen LogP contribution < -0.4 is 0 Å². The highest BCUT2D eigenvalue weighted by atomic mass is 31.1. The SMILES string of the molecule is COC(=PC)C(C)=O. The second kappa shape index (κ2) is 3.76. The zero-order valence-electron chi connectivity index (χ0n) is 5.26. The predicted octanol–water partition coefficient (Wildman–Crippen LogP) is 0.928. The molecule has 0 aliphatic rings. The monoisotopic (exact) mass is 132 g/mol. The van der Waals surface area contributed by atoms with E-state index in [-0.39, 0.29) is 5.78 Å². The Morgan fingerprint density at radius 1 is 1.62 bits per heavy atom. The molecule has 0 N–H and O–H groups in total. The van der Waals surface area contributed by atoms with Crippen molar-refractivity contribution >= 4 is 19.5 Å². The van der Waals surface area contributed by atoms with Crippen molar-refractivity contribution < 1.29 is 9.53 Å². The van der Waals surface area contributed by atoms with Gasteiger partial charge in [0.15, 0.2) is 5.78 Å². The number of carbonyl (C=O) groups excluding carboxylic acids is 1. The Bertz CT molecular complexity index is 118. The minimum absolute atomic E-state index is 0.0108. The van der Waals surface area contributed by atoms with Crippen molar-refractivity contribution in [2.24, 2.45) is 0 Å². The van der Waals surface area contributed by atoms with Gasteiger partial charge in [-0.1, -0.05) is 8.20 Å². The third kappa shape index (κ3) is 2.20. The van der Waals surface area contributed by atoms with Crippen LogP contribution in [0, 0.1) is 0 Å². The van der Waals surface area contributed by atoms with Gasteiger partial charge in [0.2, 0.25) is 0 Å². The molecule has 0 spiro atoms. The molecular formula is C5H9O2P. The van der Waals surface area contributed by atoms with Crippen molar-refractivity contribution in [1.29, 1.82) is 0 Å². The molecule has 0 aromatic rings. The van der Waals surface area contributed by atoms with Crippen molar-refractivity contribution in [2.75, 3.05) is 13.8 Å². The van der Waals surface area contributed by atoms with E-state index >= 15 is 0 Å². The number of methoxy groups -OCH3 is 1. The lowest BCUT2D eigenvalue weighted by molar-refractivity contribution is -0.112. The number of carbonyl (C=O) groups is 1. The molecule has 0 saturated carbocycles. The molecule has 0 aliphatic carbocycles. The normalized spacial score (nSPS) is 11.6. The zero-order chi connectivity index (χ0) is 6.57. The van der Waals surface area contributed by atoms with Crippen LogP contribution in [0.5, 0.6) is 0 Å². The van der Waals surface area contributed by atoms with Gasteiger partial charge in [0.1, 0.15) is 5.48 Å². The number of rotatable bonds is 2. The van der Waals surface area contributed by atoms with Gasteiger partial charge in [-0.15, -0.1) is 0 Å². The lowest BCUT2D eigenvalue weighted by Crippen LogP contribution is -2.08. The third-order valence-electron chi connectivity index (χ3n) is 0.698. The first-order valence-corrected chi connectivity index (χ1v) is 3.58. The average molecular weight is 132 g/mol. The highest BCUT2D eigenvalue weighted by Gasteiger charge is 1.97. The fraction of sp³-hybridized carbons (Fsp3) is 0.600. The molecule has 0 saturated heterocycles. The quantitative estimate of drug-likeness (QED) is 0.522. The minimum atomic E-state index is 0.0108. The lowest BCUT2D eigenvalue weighted by Gasteiger charge is -1.93. The minimum Gasteiger partial charge on any atom is -0.342 e. The van der Waals surface area contributed by atoms with Crippen molar-refractivity contribution in [3.63, 3.8) is 0 Å². The smallest absolute Gasteiger partial charge is 0.186 e. The Morgan fingerprint density at radius 3 is 2.12 bits per heavy atom. The molecule has 0 fully saturated rings. The second-order valence-corrected chi connectivity index (χ2v) is 2.14. The predicted molar refractivity (Wildman–Crippen MR) is 35.5 cm³/mol. The van der Waals surface area contributed by atoms with E-state index in [0.29, 0.717) is 5.48 Å². The number of ketones is 1. The first-order valence-electron chi connectivity index (χ1n) is 2.24. The first-order chi connectivity index (χ1) is 3.72. The molecular weight excluding hydrogens is 123 g/mol. The molecule has 0 radical (unpaired) electrons. The van der Waals surface area contributed by atoms with Crippen LogP contribution in [0.4, 0.5) is 0 Å². The van der Waals surface area contributed by atoms with Crippen LogP contribution in [0.25, 0.3) is 0 Å². The van der Waals surface area contributed by atoms with E-state index in [1.54, 1.807) is 0 Å². The van der Waals surface area contributed by atoms with Crippen LogP contribution in [0.2, 0.25) is 0 Å². The van der Waals surface area contributed by atoms with E-state index < -0.39 is 0 Å². The molecule has 0 aliphatic heterocycles. The standard InChI is InChI=1S/C5H9O2P/c1-4(6)5(7-2)8-3/h1-3H3. The topological polar surface area (TPSA) is 26.3 Å². The summed E-state index contributed by atoms with van der Waals surface area (Å²) in [4.78, 5) is 10.4. The van der Waals surface area contributed by atoms with Crippen LogP contribution >= 0.6 is 8.20 Å². The maximum atomic E-state index is 10.4. The van der Waals surface area contributed by atoms with Crippen LogP contribution in [-0.4, -0.2) is 25.0 Å². The molecule has 0 unspecified atom stereocenters. The molecule has 0 aromatic carbocycles. The average Bonchev–Trinajstić information content (AvgIpc) is 1.69. The third-order valence-corrected chi connectivity index (χ3v) is 1.60. The van der Waals surface area contributed by atoms with Gasteiger partial charge in [0, 0.05) is 14.0 Å². The van der Waals surface area contributed by atoms with E-state index in [1.165, 1.54) is 14.0 Å². The number of Topliss-reactive ketones (excluding diaryl/α,β-unsaturated/α-hetero) is 1. The molecule has 0 aromatic heterocycles. The summed E-state index contributed by atoms with van der Waals surface area (Å²) in [7, 11) is 2.41. The summed E-state index contributed by atoms with van der Waals surface area (Å²) < 4.78 is 4.72. The molecule has 2 nitrogen and oxygen atoms in total. The summed E-state index contributed by atoms with van der Waals surface area (Å²) in [6.45, 7) is 3.36. The Morgan fingerprint density at radius 2 is 2.12 bits per heavy atom. The summed E-state index contributed by atoms with van der Waals surface area (Å²) in [6, 6.07) is 0. The maximum Gasteiger partial charge on any atom is 0.186 e. The van der Waals surface area contributed by atoms with Gasteiger partial charge in [-0.25, -0.2) is 0 Å². The molecule has 8 heavy (non-hydrogen) atoms. The largest absolute Gasteiger partial charge is 0.342 e. The Balaban J connectivity index is 3.92. The van der Waals surface area contributed by atoms with Gasteiger partial charge in [0.25, 0.3) is 0 Å². The second-order valence-electron chi connectivity index (χ2n) is 1.29. The van der Waals surface area contributed by atoms with Gasteiger partial charge in [0.05, 0.1) is 0 Å². The van der Waals surface area contributed by atoms with Crippen molar-refractivity contribution in [3.05, 3.63) is 0 Å². The van der Waals surface area contributed by atoms with Crippen molar-refractivity contribution in [3.8, 4) is 0 Å². The van der Waals surface area contributed by atoms with E-state index in [9.17, 15) is 4.79 Å². The van der Waals surface area contributed by atoms with Crippen LogP contribution in [0.15, 0.2) is 0 Å². The maximum absolute atomic E-state index is 10.4. The molecule has 0 rings (SSSR count). The summed E-state index contributed by atoms with van der Waals surface area (Å²) in [5, 5.41) is 0. The Hall–Kier alpha value is -0.200. The molecule has 46 valence electrons. The van der Waals surface area contributed by atoms with Crippen LogP contribution in [0.1, 0.15) is 6.92 Å². The number of hydrogen-bond acceptors (Lipinski definition) is 2. The van der Waals surface area contributed by atoms with Gasteiger partial charge in [-0.3, -0.25) is 4.79 Å². The van der Waals surface area contributed by atoms with Crippen molar-refractivity contribution in [1.82, 2.24) is 0 Å². The van der Waals surface area contributed by atoms with Gasteiger partial charge >= 0.3 is 0 Å². The van der Waals surface area contributed by atoms with E-state index in [2.05, 4.69) is 0 Å². The number of ether oxygens (including phenoxy) is 1. The fourth-order valence-electron chi connectivity index (χ4n) is 0.392. The van der Waals surface area contributed by atoms with E-state index in [1.807, 2.05) is 6.66 Å². The zero-order valence-corrected chi connectivity index (χ0v) is 6.16. The molecule has 0 atom stereocenters. The molecule has 0 heterocycles. The first kappa shape index (κ1) is 7.80. The highest BCUT2D eigenvalue weighted by molar-refractivity contribution is 7.42. The fourth-order valence-corrected chi connectivity index (χ4v) is 0.890. The Kier molecular flexibility index (Phi) is 3.67. The lowest BCUT2D eigenvalue weighted by atomic mass is 10.5. The van der Waals surface area contributed by atoms with Gasteiger partial charge in [-0.2, -0.15) is 0 Å². The van der Waals surface area contributed by atoms with Gasteiger partial charge < -0.3 is 4.74 Å². The van der Waals surface area contributed by atoms with Gasteiger partial charge in [-0.05, 0) is 6.66 Å². The number of hydrogen-bond donors (Lipinski definition) is 0. The van der Waals surface area contributed by atoms with Crippen LogP contribution in [0.3, 0.4) is 0 Å². The highest BCUT2D eigenvalue weighted by Crippen LogP contribution is 1.93. The van der Waals surface area contributed by atoms with E-state index in [4.69, 9.17) is 4.74 Å².